The maximum absolute atomic E-state index is 12.8. The molecule has 0 atom stereocenters. The molecule has 9 heteroatoms. The summed E-state index contributed by atoms with van der Waals surface area (Å²) in [5.74, 6) is 1.31. The van der Waals surface area contributed by atoms with E-state index in [1.807, 2.05) is 6.07 Å². The van der Waals surface area contributed by atoms with E-state index in [1.54, 1.807) is 12.1 Å². The summed E-state index contributed by atoms with van der Waals surface area (Å²) >= 11 is 0. The molecule has 1 aromatic carbocycles. The Bertz CT molecular complexity index is 996. The van der Waals surface area contributed by atoms with Crippen LogP contribution < -0.4 is 14.2 Å². The number of ether oxygens (including phenoxy) is 3. The molecule has 1 aromatic heterocycles. The molecule has 27 heavy (non-hydrogen) atoms. The number of pyridine rings is 1. The second kappa shape index (κ2) is 7.06. The Morgan fingerprint density at radius 3 is 2.70 bits per heavy atom. The number of sulfonamides is 1. The third-order valence-electron chi connectivity index (χ3n) is 4.32. The highest BCUT2D eigenvalue weighted by atomic mass is 32.2. The lowest BCUT2D eigenvalue weighted by Crippen LogP contribution is -2.56. The molecule has 2 aromatic rings. The molecule has 8 nitrogen and oxygen atoms in total. The summed E-state index contributed by atoms with van der Waals surface area (Å²) in [4.78, 5) is 4.20. The predicted molar refractivity (Wildman–Crippen MR) is 94.2 cm³/mol. The summed E-state index contributed by atoms with van der Waals surface area (Å²) in [5, 5.41) is 8.90. The van der Waals surface area contributed by atoms with Gasteiger partial charge < -0.3 is 14.2 Å². The third-order valence-corrected chi connectivity index (χ3v) is 6.15. The maximum atomic E-state index is 12.8. The van der Waals surface area contributed by atoms with Crippen LogP contribution in [0.5, 0.6) is 17.4 Å². The van der Waals surface area contributed by atoms with Crippen LogP contribution >= 0.6 is 0 Å². The van der Waals surface area contributed by atoms with Crippen LogP contribution in [0.4, 0.5) is 0 Å². The number of aromatic nitrogens is 1. The smallest absolute Gasteiger partial charge is 0.243 e. The molecule has 0 N–H and O–H groups in total. The largest absolute Gasteiger partial charge is 0.490 e. The highest BCUT2D eigenvalue weighted by molar-refractivity contribution is 7.89. The summed E-state index contributed by atoms with van der Waals surface area (Å²) in [7, 11) is -3.64. The Balaban J connectivity index is 1.44. The molecule has 0 spiro atoms. The van der Waals surface area contributed by atoms with Crippen LogP contribution in [0.25, 0.3) is 0 Å². The van der Waals surface area contributed by atoms with Gasteiger partial charge in [-0.15, -0.1) is 0 Å². The van der Waals surface area contributed by atoms with Crippen molar-refractivity contribution in [3.8, 4) is 23.4 Å². The van der Waals surface area contributed by atoms with Gasteiger partial charge in [0.05, 0.1) is 42.8 Å². The zero-order valence-corrected chi connectivity index (χ0v) is 15.2. The van der Waals surface area contributed by atoms with Gasteiger partial charge in [-0.05, 0) is 18.2 Å². The third kappa shape index (κ3) is 3.54. The topological polar surface area (TPSA) is 102 Å². The average Bonchev–Trinajstić information content (AvgIpc) is 2.89. The summed E-state index contributed by atoms with van der Waals surface area (Å²) in [6, 6.07) is 9.77. The van der Waals surface area contributed by atoms with E-state index in [1.165, 1.54) is 28.7 Å². The van der Waals surface area contributed by atoms with Crippen LogP contribution in [-0.4, -0.2) is 50.1 Å². The highest BCUT2D eigenvalue weighted by Gasteiger charge is 2.38. The summed E-state index contributed by atoms with van der Waals surface area (Å²) in [6.07, 6.45) is 1.93. The summed E-state index contributed by atoms with van der Waals surface area (Å²) in [6.45, 7) is 1.47. The monoisotopic (exact) mass is 387 g/mol. The molecule has 140 valence electrons. The van der Waals surface area contributed by atoms with E-state index >= 15 is 0 Å². The Hall–Kier alpha value is -2.83. The van der Waals surface area contributed by atoms with Crippen molar-refractivity contribution in [1.29, 1.82) is 5.26 Å². The molecule has 0 saturated carbocycles. The number of hydrogen-bond acceptors (Lipinski definition) is 7. The molecule has 0 aliphatic carbocycles. The van der Waals surface area contributed by atoms with Crippen molar-refractivity contribution >= 4 is 10.0 Å². The normalized spacial score (nSPS) is 17.4. The van der Waals surface area contributed by atoms with Crippen LogP contribution in [0.3, 0.4) is 0 Å². The van der Waals surface area contributed by atoms with Crippen molar-refractivity contribution in [3.05, 3.63) is 42.1 Å². The maximum Gasteiger partial charge on any atom is 0.243 e. The molecule has 2 aliphatic heterocycles. The van der Waals surface area contributed by atoms with E-state index in [0.29, 0.717) is 36.2 Å². The van der Waals surface area contributed by atoms with Gasteiger partial charge in [-0.25, -0.2) is 13.4 Å². The van der Waals surface area contributed by atoms with Crippen molar-refractivity contribution in [1.82, 2.24) is 9.29 Å². The zero-order chi connectivity index (χ0) is 18.9. The Morgan fingerprint density at radius 2 is 1.93 bits per heavy atom. The molecular weight excluding hydrogens is 370 g/mol. The van der Waals surface area contributed by atoms with Gasteiger partial charge in [0.25, 0.3) is 0 Å². The van der Waals surface area contributed by atoms with Crippen LogP contribution in [0.1, 0.15) is 12.0 Å². The average molecular weight is 387 g/mol. The lowest BCUT2D eigenvalue weighted by atomic mass is 10.2. The van der Waals surface area contributed by atoms with E-state index in [-0.39, 0.29) is 24.1 Å². The molecule has 1 saturated heterocycles. The van der Waals surface area contributed by atoms with Gasteiger partial charge in [0.2, 0.25) is 15.9 Å². The number of nitriles is 1. The predicted octanol–water partition coefficient (Wildman–Crippen LogP) is 1.57. The lowest BCUT2D eigenvalue weighted by molar-refractivity contribution is 0.0720. The first kappa shape index (κ1) is 17.6. The number of nitrogens with zero attached hydrogens (tertiary/aromatic N) is 3. The molecule has 2 aliphatic rings. The van der Waals surface area contributed by atoms with Crippen LogP contribution in [-0.2, 0) is 10.0 Å². The van der Waals surface area contributed by atoms with E-state index in [4.69, 9.17) is 19.5 Å². The van der Waals surface area contributed by atoms with E-state index < -0.39 is 10.0 Å². The molecule has 0 radical (unpaired) electrons. The fraction of sp³-hybridized carbons (Fsp3) is 0.333. The van der Waals surface area contributed by atoms with Gasteiger partial charge in [-0.3, -0.25) is 0 Å². The molecule has 4 rings (SSSR count). The highest BCUT2D eigenvalue weighted by Crippen LogP contribution is 2.34. The molecular formula is C18H17N3O5S. The number of hydrogen-bond donors (Lipinski definition) is 0. The van der Waals surface area contributed by atoms with Crippen LogP contribution in [0, 0.1) is 11.3 Å². The molecule has 0 bridgehead atoms. The summed E-state index contributed by atoms with van der Waals surface area (Å²) in [5.41, 5.74) is 0.441. The van der Waals surface area contributed by atoms with Gasteiger partial charge in [0, 0.05) is 24.8 Å². The van der Waals surface area contributed by atoms with Crippen molar-refractivity contribution in [2.75, 3.05) is 26.3 Å². The Morgan fingerprint density at radius 1 is 1.15 bits per heavy atom. The van der Waals surface area contributed by atoms with Crippen molar-refractivity contribution < 1.29 is 22.6 Å². The van der Waals surface area contributed by atoms with Gasteiger partial charge >= 0.3 is 0 Å². The van der Waals surface area contributed by atoms with Gasteiger partial charge in [-0.2, -0.15) is 9.57 Å². The molecule has 0 unspecified atom stereocenters. The summed E-state index contributed by atoms with van der Waals surface area (Å²) < 4.78 is 43.7. The first-order valence-corrected chi connectivity index (χ1v) is 9.93. The van der Waals surface area contributed by atoms with E-state index in [9.17, 15) is 8.42 Å². The zero-order valence-electron chi connectivity index (χ0n) is 14.4. The van der Waals surface area contributed by atoms with Crippen molar-refractivity contribution in [2.45, 2.75) is 17.4 Å². The van der Waals surface area contributed by atoms with Crippen LogP contribution in [0.15, 0.2) is 41.4 Å². The fourth-order valence-electron chi connectivity index (χ4n) is 2.84. The quantitative estimate of drug-likeness (QED) is 0.785. The fourth-order valence-corrected chi connectivity index (χ4v) is 4.36. The minimum Gasteiger partial charge on any atom is -0.490 e. The van der Waals surface area contributed by atoms with Crippen LogP contribution in [0.2, 0.25) is 0 Å². The minimum atomic E-state index is -3.64. The van der Waals surface area contributed by atoms with Gasteiger partial charge in [0.1, 0.15) is 6.10 Å². The van der Waals surface area contributed by atoms with Crippen molar-refractivity contribution in [3.63, 3.8) is 0 Å². The SMILES string of the molecule is N#Cc1ccnc(OC2CN(S(=O)(=O)c3ccc4c(c3)OCCCO4)C2)c1. The number of rotatable bonds is 4. The molecule has 3 heterocycles. The second-order valence-electron chi connectivity index (χ2n) is 6.22. The number of fused-ring (bicyclic) bond motifs is 1. The van der Waals surface area contributed by atoms with Gasteiger partial charge in [0.15, 0.2) is 11.5 Å². The Kier molecular flexibility index (Phi) is 4.59. The second-order valence-corrected chi connectivity index (χ2v) is 8.15. The first-order valence-electron chi connectivity index (χ1n) is 8.49. The number of benzene rings is 1. The van der Waals surface area contributed by atoms with Gasteiger partial charge in [-0.1, -0.05) is 0 Å². The molecule has 0 amide bonds. The Labute approximate surface area is 157 Å². The minimum absolute atomic E-state index is 0.162. The van der Waals surface area contributed by atoms with E-state index in [0.717, 1.165) is 6.42 Å². The van der Waals surface area contributed by atoms with E-state index in [2.05, 4.69) is 4.98 Å². The molecule has 1 fully saturated rings. The first-order chi connectivity index (χ1) is 13.1. The standard InChI is InChI=1S/C18H17N3O5S/c19-10-13-4-5-20-18(8-13)26-14-11-21(12-14)27(22,23)15-2-3-16-17(9-15)25-7-1-6-24-16/h2-5,8-9,14H,1,6-7,11-12H2. The lowest BCUT2D eigenvalue weighted by Gasteiger charge is -2.37. The van der Waals surface area contributed by atoms with Crippen molar-refractivity contribution in [2.24, 2.45) is 0 Å².